The van der Waals surface area contributed by atoms with Crippen molar-refractivity contribution in [3.63, 3.8) is 0 Å². The van der Waals surface area contributed by atoms with E-state index in [1.807, 2.05) is 0 Å². The highest BCUT2D eigenvalue weighted by molar-refractivity contribution is 7.89. The van der Waals surface area contributed by atoms with E-state index >= 15 is 0 Å². The number of hydrogen-bond donors (Lipinski definition) is 1. The lowest BCUT2D eigenvalue weighted by Gasteiger charge is -2.33. The molecule has 1 aromatic rings. The van der Waals surface area contributed by atoms with Gasteiger partial charge in [-0.25, -0.2) is 12.8 Å². The van der Waals surface area contributed by atoms with E-state index in [1.54, 1.807) is 0 Å². The summed E-state index contributed by atoms with van der Waals surface area (Å²) >= 11 is 0. The zero-order valence-electron chi connectivity index (χ0n) is 12.8. The van der Waals surface area contributed by atoms with Crippen molar-refractivity contribution >= 4 is 15.7 Å². The largest absolute Gasteiger partial charge is 0.399 e. The van der Waals surface area contributed by atoms with Gasteiger partial charge in [0.15, 0.2) is 0 Å². The highest BCUT2D eigenvalue weighted by atomic mass is 32.2. The molecule has 0 unspecified atom stereocenters. The Kier molecular flexibility index (Phi) is 4.58. The van der Waals surface area contributed by atoms with Crippen LogP contribution >= 0.6 is 0 Å². The maximum absolute atomic E-state index is 14.2. The average molecular weight is 314 g/mol. The predicted octanol–water partition coefficient (Wildman–Crippen LogP) is 2.92. The summed E-state index contributed by atoms with van der Waals surface area (Å²) in [5.74, 6) is -0.0797. The number of benzene rings is 1. The Labute approximate surface area is 126 Å². The molecule has 1 aliphatic carbocycles. The summed E-state index contributed by atoms with van der Waals surface area (Å²) in [4.78, 5) is -0.318. The standard InChI is InChI=1S/C15H23FN2O2S/c1-10-4-6-13(7-5-10)18(3)21(19,20)14-9-12(17)8-11(2)15(14)16/h8-10,13H,4-7,17H2,1-3H3. The zero-order valence-corrected chi connectivity index (χ0v) is 13.6. The monoisotopic (exact) mass is 314 g/mol. The summed E-state index contributed by atoms with van der Waals surface area (Å²) in [5.41, 5.74) is 6.18. The molecule has 2 rings (SSSR count). The fourth-order valence-corrected chi connectivity index (χ4v) is 4.50. The highest BCUT2D eigenvalue weighted by Crippen LogP contribution is 2.31. The number of nitrogen functional groups attached to an aromatic ring is 1. The Hall–Kier alpha value is -1.14. The van der Waals surface area contributed by atoms with E-state index in [-0.39, 0.29) is 22.2 Å². The van der Waals surface area contributed by atoms with Gasteiger partial charge in [-0.05, 0) is 56.2 Å². The van der Waals surface area contributed by atoms with Crippen molar-refractivity contribution in [2.45, 2.75) is 50.5 Å². The second kappa shape index (κ2) is 5.93. The van der Waals surface area contributed by atoms with Crippen LogP contribution in [-0.2, 0) is 10.0 Å². The fourth-order valence-electron chi connectivity index (χ4n) is 2.91. The summed E-state index contributed by atoms with van der Waals surface area (Å²) < 4.78 is 40.9. The Morgan fingerprint density at radius 1 is 1.24 bits per heavy atom. The molecule has 1 aliphatic rings. The third-order valence-corrected chi connectivity index (χ3v) is 6.31. The van der Waals surface area contributed by atoms with E-state index < -0.39 is 15.8 Å². The molecule has 0 aliphatic heterocycles. The van der Waals surface area contributed by atoms with Crippen LogP contribution in [0.4, 0.5) is 10.1 Å². The average Bonchev–Trinajstić information content (AvgIpc) is 2.42. The number of nitrogens with two attached hydrogens (primary N) is 1. The third kappa shape index (κ3) is 3.21. The first kappa shape index (κ1) is 16.2. The smallest absolute Gasteiger partial charge is 0.246 e. The lowest BCUT2D eigenvalue weighted by molar-refractivity contribution is 0.245. The number of hydrogen-bond acceptors (Lipinski definition) is 3. The minimum atomic E-state index is -3.85. The van der Waals surface area contributed by atoms with E-state index in [1.165, 1.54) is 30.4 Å². The van der Waals surface area contributed by atoms with Crippen LogP contribution in [0.2, 0.25) is 0 Å². The first-order valence-electron chi connectivity index (χ1n) is 7.27. The van der Waals surface area contributed by atoms with Crippen molar-refractivity contribution in [1.82, 2.24) is 4.31 Å². The molecule has 0 bridgehead atoms. The normalized spacial score (nSPS) is 23.5. The molecule has 0 heterocycles. The van der Waals surface area contributed by atoms with Crippen LogP contribution in [0.15, 0.2) is 17.0 Å². The zero-order chi connectivity index (χ0) is 15.8. The van der Waals surface area contributed by atoms with Gasteiger partial charge in [-0.3, -0.25) is 0 Å². The van der Waals surface area contributed by atoms with Crippen LogP contribution in [0.25, 0.3) is 0 Å². The van der Waals surface area contributed by atoms with E-state index in [4.69, 9.17) is 5.73 Å². The van der Waals surface area contributed by atoms with Crippen LogP contribution in [0.1, 0.15) is 38.2 Å². The maximum Gasteiger partial charge on any atom is 0.246 e. The molecule has 0 aromatic heterocycles. The summed E-state index contributed by atoms with van der Waals surface area (Å²) in [6.07, 6.45) is 3.64. The number of sulfonamides is 1. The van der Waals surface area contributed by atoms with Crippen LogP contribution < -0.4 is 5.73 Å². The third-order valence-electron chi connectivity index (χ3n) is 4.40. The van der Waals surface area contributed by atoms with Gasteiger partial charge >= 0.3 is 0 Å². The van der Waals surface area contributed by atoms with Gasteiger partial charge in [0.25, 0.3) is 0 Å². The second-order valence-corrected chi connectivity index (χ2v) is 8.05. The van der Waals surface area contributed by atoms with E-state index in [2.05, 4.69) is 6.92 Å². The quantitative estimate of drug-likeness (QED) is 0.873. The first-order chi connectivity index (χ1) is 9.73. The van der Waals surface area contributed by atoms with Gasteiger partial charge in [-0.2, -0.15) is 4.31 Å². The Morgan fingerprint density at radius 3 is 2.38 bits per heavy atom. The SMILES string of the molecule is Cc1cc(N)cc(S(=O)(=O)N(C)C2CCC(C)CC2)c1F. The highest BCUT2D eigenvalue weighted by Gasteiger charge is 2.32. The second-order valence-electron chi connectivity index (χ2n) is 6.08. The van der Waals surface area contributed by atoms with Crippen molar-refractivity contribution in [2.24, 2.45) is 5.92 Å². The summed E-state index contributed by atoms with van der Waals surface area (Å²) in [7, 11) is -2.32. The van der Waals surface area contributed by atoms with Gasteiger partial charge in [-0.1, -0.05) is 6.92 Å². The summed E-state index contributed by atoms with van der Waals surface area (Å²) in [5, 5.41) is 0. The number of aryl methyl sites for hydroxylation is 1. The molecule has 1 saturated carbocycles. The summed E-state index contributed by atoms with van der Waals surface area (Å²) in [6, 6.07) is 2.59. The number of nitrogens with zero attached hydrogens (tertiary/aromatic N) is 1. The molecule has 0 amide bonds. The van der Waals surface area contributed by atoms with Gasteiger partial charge in [0, 0.05) is 18.8 Å². The van der Waals surface area contributed by atoms with Crippen LogP contribution in [0.5, 0.6) is 0 Å². The molecule has 1 fully saturated rings. The minimum Gasteiger partial charge on any atom is -0.399 e. The topological polar surface area (TPSA) is 63.4 Å². The molecule has 2 N–H and O–H groups in total. The molecule has 0 atom stereocenters. The van der Waals surface area contributed by atoms with Crippen molar-refractivity contribution in [2.75, 3.05) is 12.8 Å². The van der Waals surface area contributed by atoms with Crippen LogP contribution in [0.3, 0.4) is 0 Å². The lowest BCUT2D eigenvalue weighted by Crippen LogP contribution is -2.39. The van der Waals surface area contributed by atoms with E-state index in [0.717, 1.165) is 25.7 Å². The molecule has 0 saturated heterocycles. The first-order valence-corrected chi connectivity index (χ1v) is 8.71. The number of anilines is 1. The van der Waals surface area contributed by atoms with Crippen molar-refractivity contribution in [3.8, 4) is 0 Å². The molecule has 21 heavy (non-hydrogen) atoms. The number of halogens is 1. The molecule has 6 heteroatoms. The molecular formula is C15H23FN2O2S. The van der Waals surface area contributed by atoms with E-state index in [9.17, 15) is 12.8 Å². The molecule has 118 valence electrons. The van der Waals surface area contributed by atoms with Crippen molar-refractivity contribution < 1.29 is 12.8 Å². The van der Waals surface area contributed by atoms with Crippen molar-refractivity contribution in [3.05, 3.63) is 23.5 Å². The van der Waals surface area contributed by atoms with Gasteiger partial charge in [0.1, 0.15) is 10.7 Å². The molecular weight excluding hydrogens is 291 g/mol. The predicted molar refractivity (Wildman–Crippen MR) is 81.9 cm³/mol. The molecule has 1 aromatic carbocycles. The number of rotatable bonds is 3. The minimum absolute atomic E-state index is 0.0627. The Bertz CT molecular complexity index is 623. The van der Waals surface area contributed by atoms with Crippen molar-refractivity contribution in [1.29, 1.82) is 0 Å². The van der Waals surface area contributed by atoms with Crippen LogP contribution in [-0.4, -0.2) is 25.8 Å². The van der Waals surface area contributed by atoms with Gasteiger partial charge < -0.3 is 5.73 Å². The van der Waals surface area contributed by atoms with Crippen LogP contribution in [0, 0.1) is 18.7 Å². The molecule has 4 nitrogen and oxygen atoms in total. The maximum atomic E-state index is 14.2. The Morgan fingerprint density at radius 2 is 1.81 bits per heavy atom. The Balaban J connectivity index is 2.34. The van der Waals surface area contributed by atoms with E-state index in [0.29, 0.717) is 5.92 Å². The lowest BCUT2D eigenvalue weighted by atomic mass is 9.87. The van der Waals surface area contributed by atoms with Gasteiger partial charge in [0.05, 0.1) is 0 Å². The summed E-state index contributed by atoms with van der Waals surface area (Å²) in [6.45, 7) is 3.69. The van der Waals surface area contributed by atoms with Gasteiger partial charge in [0.2, 0.25) is 10.0 Å². The molecule has 0 spiro atoms. The fraction of sp³-hybridized carbons (Fsp3) is 0.600. The molecule has 0 radical (unpaired) electrons. The van der Waals surface area contributed by atoms with Gasteiger partial charge in [-0.15, -0.1) is 0 Å².